The van der Waals surface area contributed by atoms with Crippen molar-refractivity contribution in [2.75, 3.05) is 26.9 Å². The van der Waals surface area contributed by atoms with E-state index >= 15 is 0 Å². The van der Waals surface area contributed by atoms with E-state index in [0.717, 1.165) is 31.2 Å². The van der Waals surface area contributed by atoms with Gasteiger partial charge in [-0.05, 0) is 37.5 Å². The van der Waals surface area contributed by atoms with Gasteiger partial charge in [0.1, 0.15) is 0 Å². The van der Waals surface area contributed by atoms with Crippen molar-refractivity contribution in [2.45, 2.75) is 32.4 Å². The van der Waals surface area contributed by atoms with Crippen molar-refractivity contribution in [2.24, 2.45) is 0 Å². The minimum atomic E-state index is 0. The Morgan fingerprint density at radius 3 is 2.85 bits per heavy atom. The summed E-state index contributed by atoms with van der Waals surface area (Å²) in [5.41, 5.74) is 1.19. The molecule has 1 unspecified atom stereocenters. The first kappa shape index (κ1) is 17.1. The van der Waals surface area contributed by atoms with Crippen LogP contribution in [-0.4, -0.2) is 33.0 Å². The topological polar surface area (TPSA) is 39.7 Å². The van der Waals surface area contributed by atoms with Crippen LogP contribution >= 0.6 is 12.4 Å². The SMILES string of the molecule is CCOc1ccc(CNCC2CCCO2)cc1OC.Cl. The lowest BCUT2D eigenvalue weighted by atomic mass is 10.2. The molecule has 1 aromatic rings. The van der Waals surface area contributed by atoms with E-state index in [4.69, 9.17) is 14.2 Å². The fraction of sp³-hybridized carbons (Fsp3) is 0.600. The normalized spacial score (nSPS) is 17.6. The van der Waals surface area contributed by atoms with Crippen LogP contribution in [0.2, 0.25) is 0 Å². The molecule has 0 bridgehead atoms. The summed E-state index contributed by atoms with van der Waals surface area (Å²) in [6, 6.07) is 6.05. The van der Waals surface area contributed by atoms with Gasteiger partial charge in [0.05, 0.1) is 19.8 Å². The largest absolute Gasteiger partial charge is 0.493 e. The molecule has 1 saturated heterocycles. The first-order valence-electron chi connectivity index (χ1n) is 6.95. The van der Waals surface area contributed by atoms with Crippen molar-refractivity contribution < 1.29 is 14.2 Å². The van der Waals surface area contributed by atoms with Gasteiger partial charge in [-0.15, -0.1) is 12.4 Å². The Bertz CT molecular complexity index is 395. The predicted octanol–water partition coefficient (Wildman–Crippen LogP) is 2.78. The molecule has 5 heteroatoms. The maximum atomic E-state index is 5.58. The number of methoxy groups -OCH3 is 1. The molecule has 1 atom stereocenters. The Hall–Kier alpha value is -0.970. The Morgan fingerprint density at radius 2 is 2.20 bits per heavy atom. The second-order valence-electron chi connectivity index (χ2n) is 4.68. The molecule has 1 aliphatic rings. The van der Waals surface area contributed by atoms with Gasteiger partial charge in [-0.25, -0.2) is 0 Å². The Balaban J connectivity index is 0.00000200. The van der Waals surface area contributed by atoms with E-state index in [2.05, 4.69) is 11.4 Å². The van der Waals surface area contributed by atoms with E-state index < -0.39 is 0 Å². The van der Waals surface area contributed by atoms with Crippen LogP contribution in [0.15, 0.2) is 18.2 Å². The maximum Gasteiger partial charge on any atom is 0.161 e. The van der Waals surface area contributed by atoms with Gasteiger partial charge >= 0.3 is 0 Å². The lowest BCUT2D eigenvalue weighted by Crippen LogP contribution is -2.25. The molecular weight excluding hydrogens is 278 g/mol. The van der Waals surface area contributed by atoms with Crippen LogP contribution in [0.5, 0.6) is 11.5 Å². The molecule has 1 aromatic carbocycles. The highest BCUT2D eigenvalue weighted by Crippen LogP contribution is 2.27. The molecule has 0 aromatic heterocycles. The molecule has 1 heterocycles. The zero-order valence-electron chi connectivity index (χ0n) is 12.2. The molecule has 1 fully saturated rings. The van der Waals surface area contributed by atoms with Gasteiger partial charge in [-0.1, -0.05) is 6.07 Å². The van der Waals surface area contributed by atoms with Crippen molar-refractivity contribution in [3.8, 4) is 11.5 Å². The number of halogens is 1. The van der Waals surface area contributed by atoms with Gasteiger partial charge in [0, 0.05) is 19.7 Å². The number of hydrogen-bond acceptors (Lipinski definition) is 4. The molecule has 20 heavy (non-hydrogen) atoms. The quantitative estimate of drug-likeness (QED) is 0.840. The molecule has 0 radical (unpaired) electrons. The number of ether oxygens (including phenoxy) is 3. The van der Waals surface area contributed by atoms with E-state index in [1.54, 1.807) is 7.11 Å². The second kappa shape index (κ2) is 9.06. The molecule has 2 rings (SSSR count). The van der Waals surface area contributed by atoms with Gasteiger partial charge in [0.15, 0.2) is 11.5 Å². The third kappa shape index (κ3) is 4.85. The Morgan fingerprint density at radius 1 is 1.35 bits per heavy atom. The van der Waals surface area contributed by atoms with E-state index in [1.165, 1.54) is 18.4 Å². The third-order valence-corrected chi connectivity index (χ3v) is 3.25. The van der Waals surface area contributed by atoms with Crippen LogP contribution in [0.1, 0.15) is 25.3 Å². The van der Waals surface area contributed by atoms with Crippen LogP contribution in [0.25, 0.3) is 0 Å². The lowest BCUT2D eigenvalue weighted by molar-refractivity contribution is 0.110. The number of benzene rings is 1. The minimum absolute atomic E-state index is 0. The van der Waals surface area contributed by atoms with Gasteiger partial charge in [0.25, 0.3) is 0 Å². The number of rotatable bonds is 7. The van der Waals surface area contributed by atoms with Gasteiger partial charge in [0.2, 0.25) is 0 Å². The average molecular weight is 302 g/mol. The van der Waals surface area contributed by atoms with Crippen molar-refractivity contribution in [1.82, 2.24) is 5.32 Å². The van der Waals surface area contributed by atoms with Crippen LogP contribution in [-0.2, 0) is 11.3 Å². The van der Waals surface area contributed by atoms with Crippen LogP contribution in [0.3, 0.4) is 0 Å². The van der Waals surface area contributed by atoms with Crippen LogP contribution < -0.4 is 14.8 Å². The molecule has 114 valence electrons. The maximum absolute atomic E-state index is 5.58. The number of hydrogen-bond donors (Lipinski definition) is 1. The summed E-state index contributed by atoms with van der Waals surface area (Å²) < 4.78 is 16.4. The molecule has 0 saturated carbocycles. The summed E-state index contributed by atoms with van der Waals surface area (Å²) in [5, 5.41) is 3.43. The van der Waals surface area contributed by atoms with Crippen molar-refractivity contribution in [3.05, 3.63) is 23.8 Å². The average Bonchev–Trinajstić information content (AvgIpc) is 2.94. The summed E-state index contributed by atoms with van der Waals surface area (Å²) in [6.45, 7) is 5.25. The zero-order valence-corrected chi connectivity index (χ0v) is 13.0. The first-order valence-corrected chi connectivity index (χ1v) is 6.95. The molecule has 1 N–H and O–H groups in total. The number of nitrogens with one attached hydrogen (secondary N) is 1. The van der Waals surface area contributed by atoms with E-state index in [0.29, 0.717) is 12.7 Å². The van der Waals surface area contributed by atoms with E-state index in [9.17, 15) is 0 Å². The van der Waals surface area contributed by atoms with Crippen LogP contribution in [0.4, 0.5) is 0 Å². The van der Waals surface area contributed by atoms with Crippen molar-refractivity contribution in [3.63, 3.8) is 0 Å². The monoisotopic (exact) mass is 301 g/mol. The first-order chi connectivity index (χ1) is 9.33. The van der Waals surface area contributed by atoms with E-state index in [-0.39, 0.29) is 12.4 Å². The zero-order chi connectivity index (χ0) is 13.5. The van der Waals surface area contributed by atoms with E-state index in [1.807, 2.05) is 19.1 Å². The predicted molar refractivity (Wildman–Crippen MR) is 82.1 cm³/mol. The summed E-state index contributed by atoms with van der Waals surface area (Å²) in [4.78, 5) is 0. The lowest BCUT2D eigenvalue weighted by Gasteiger charge is -2.13. The molecule has 4 nitrogen and oxygen atoms in total. The summed E-state index contributed by atoms with van der Waals surface area (Å²) in [6.07, 6.45) is 2.73. The summed E-state index contributed by atoms with van der Waals surface area (Å²) in [5.74, 6) is 1.59. The van der Waals surface area contributed by atoms with Gasteiger partial charge < -0.3 is 19.5 Å². The van der Waals surface area contributed by atoms with Gasteiger partial charge in [-0.3, -0.25) is 0 Å². The van der Waals surface area contributed by atoms with Crippen LogP contribution in [0, 0.1) is 0 Å². The molecule has 0 spiro atoms. The fourth-order valence-corrected chi connectivity index (χ4v) is 2.28. The van der Waals surface area contributed by atoms with Gasteiger partial charge in [-0.2, -0.15) is 0 Å². The molecule has 0 amide bonds. The van der Waals surface area contributed by atoms with Crippen molar-refractivity contribution in [1.29, 1.82) is 0 Å². The fourth-order valence-electron chi connectivity index (χ4n) is 2.28. The highest BCUT2D eigenvalue weighted by atomic mass is 35.5. The highest BCUT2D eigenvalue weighted by molar-refractivity contribution is 5.85. The minimum Gasteiger partial charge on any atom is -0.493 e. The second-order valence-corrected chi connectivity index (χ2v) is 4.68. The molecule has 0 aliphatic carbocycles. The standard InChI is InChI=1S/C15H23NO3.ClH/c1-3-18-14-7-6-12(9-15(14)17-2)10-16-11-13-5-4-8-19-13;/h6-7,9,13,16H,3-5,8,10-11H2,1-2H3;1H. The smallest absolute Gasteiger partial charge is 0.161 e. The summed E-state index contributed by atoms with van der Waals surface area (Å²) >= 11 is 0. The highest BCUT2D eigenvalue weighted by Gasteiger charge is 2.14. The Kier molecular flexibility index (Phi) is 7.73. The third-order valence-electron chi connectivity index (χ3n) is 3.25. The summed E-state index contributed by atoms with van der Waals surface area (Å²) in [7, 11) is 1.67. The molecule has 1 aliphatic heterocycles. The Labute approximate surface area is 127 Å². The molecular formula is C15H24ClNO3. The van der Waals surface area contributed by atoms with Crippen molar-refractivity contribution >= 4 is 12.4 Å².